The Morgan fingerprint density at radius 2 is 1.80 bits per heavy atom. The summed E-state index contributed by atoms with van der Waals surface area (Å²) in [5.74, 6) is -0.754. The van der Waals surface area contributed by atoms with Gasteiger partial charge in [-0.1, -0.05) is 54.6 Å². The van der Waals surface area contributed by atoms with Gasteiger partial charge in [0.2, 0.25) is 0 Å². The molecule has 5 nitrogen and oxygen atoms in total. The van der Waals surface area contributed by atoms with Gasteiger partial charge in [-0.05, 0) is 30.5 Å². The average molecular weight is 391 g/mol. The molecule has 0 spiro atoms. The number of nitrogens with zero attached hydrogens (tertiary/aromatic N) is 5. The van der Waals surface area contributed by atoms with Crippen molar-refractivity contribution in [1.29, 1.82) is 10.5 Å². The normalized spacial score (nSPS) is 18.5. The molecular formula is C25H21N5. The Morgan fingerprint density at radius 3 is 2.53 bits per heavy atom. The van der Waals surface area contributed by atoms with E-state index in [4.69, 9.17) is 0 Å². The molecule has 2 atom stereocenters. The zero-order chi connectivity index (χ0) is 21.1. The number of aromatic nitrogens is 2. The van der Waals surface area contributed by atoms with Gasteiger partial charge in [0.25, 0.3) is 0 Å². The molecule has 0 bridgehead atoms. The van der Waals surface area contributed by atoms with Crippen LogP contribution in [0.25, 0.3) is 11.1 Å². The summed E-state index contributed by atoms with van der Waals surface area (Å²) in [6.07, 6.45) is 3.87. The highest BCUT2D eigenvalue weighted by molar-refractivity contribution is 5.90. The van der Waals surface area contributed by atoms with E-state index < -0.39 is 5.92 Å². The Balaban J connectivity index is 1.67. The number of hydrogen-bond acceptors (Lipinski definition) is 4. The highest BCUT2D eigenvalue weighted by Gasteiger charge is 2.33. The topological polar surface area (TPSA) is 77.8 Å². The van der Waals surface area contributed by atoms with Gasteiger partial charge in [-0.15, -0.1) is 0 Å². The van der Waals surface area contributed by atoms with Gasteiger partial charge in [-0.25, -0.2) is 0 Å². The fraction of sp³-hybridized carbons (Fsp3) is 0.200. The van der Waals surface area contributed by atoms with Gasteiger partial charge in [-0.2, -0.15) is 15.6 Å². The van der Waals surface area contributed by atoms with Crippen molar-refractivity contribution in [2.45, 2.75) is 26.3 Å². The molecular weight excluding hydrogens is 370 g/mol. The maximum absolute atomic E-state index is 9.75. The van der Waals surface area contributed by atoms with E-state index in [-0.39, 0.29) is 5.92 Å². The summed E-state index contributed by atoms with van der Waals surface area (Å²) >= 11 is 0. The van der Waals surface area contributed by atoms with E-state index in [2.05, 4.69) is 40.4 Å². The molecule has 30 heavy (non-hydrogen) atoms. The molecule has 0 saturated heterocycles. The Bertz CT molecular complexity index is 1220. The predicted molar refractivity (Wildman–Crippen MR) is 116 cm³/mol. The molecule has 0 fully saturated rings. The number of allylic oxidation sites excluding steroid dienone is 2. The van der Waals surface area contributed by atoms with Crippen molar-refractivity contribution in [2.75, 3.05) is 0 Å². The van der Waals surface area contributed by atoms with E-state index in [1.165, 1.54) is 5.56 Å². The molecule has 0 saturated carbocycles. The summed E-state index contributed by atoms with van der Waals surface area (Å²) < 4.78 is 1.91. The zero-order valence-corrected chi connectivity index (χ0v) is 16.9. The third-order valence-corrected chi connectivity index (χ3v) is 5.49. The SMILES string of the molecule is CC1=NC(C)=C(C#N)C(c2cccc(-c3cnn(Cc4ccccc4)c3)c2)C1C#N. The summed E-state index contributed by atoms with van der Waals surface area (Å²) in [6, 6.07) is 22.9. The molecule has 5 heteroatoms. The summed E-state index contributed by atoms with van der Waals surface area (Å²) in [5, 5.41) is 24.0. The first-order valence-electron chi connectivity index (χ1n) is 9.83. The molecule has 0 aliphatic carbocycles. The molecule has 1 aliphatic heterocycles. The minimum absolute atomic E-state index is 0.309. The van der Waals surface area contributed by atoms with Gasteiger partial charge in [-0.3, -0.25) is 9.67 Å². The monoisotopic (exact) mass is 391 g/mol. The molecule has 1 aromatic heterocycles. The van der Waals surface area contributed by atoms with E-state index in [9.17, 15) is 10.5 Å². The average Bonchev–Trinajstić information content (AvgIpc) is 3.22. The summed E-state index contributed by atoms with van der Waals surface area (Å²) in [5.41, 5.74) is 6.14. The summed E-state index contributed by atoms with van der Waals surface area (Å²) in [6.45, 7) is 4.39. The van der Waals surface area contributed by atoms with Crippen LogP contribution in [-0.2, 0) is 6.54 Å². The molecule has 2 aromatic carbocycles. The second kappa shape index (κ2) is 8.19. The van der Waals surface area contributed by atoms with Crippen molar-refractivity contribution in [3.8, 4) is 23.3 Å². The number of rotatable bonds is 4. The third kappa shape index (κ3) is 3.66. The first kappa shape index (κ1) is 19.4. The fourth-order valence-corrected chi connectivity index (χ4v) is 3.99. The van der Waals surface area contributed by atoms with Crippen LogP contribution < -0.4 is 0 Å². The van der Waals surface area contributed by atoms with Crippen molar-refractivity contribution < 1.29 is 0 Å². The minimum Gasteiger partial charge on any atom is -0.268 e. The predicted octanol–water partition coefficient (Wildman–Crippen LogP) is 5.09. The maximum atomic E-state index is 9.75. The lowest BCUT2D eigenvalue weighted by Crippen LogP contribution is -2.24. The number of benzene rings is 2. The Morgan fingerprint density at radius 1 is 1.00 bits per heavy atom. The van der Waals surface area contributed by atoms with Gasteiger partial charge in [0.05, 0.1) is 42.1 Å². The molecule has 0 radical (unpaired) electrons. The largest absolute Gasteiger partial charge is 0.268 e. The van der Waals surface area contributed by atoms with Gasteiger partial charge in [0, 0.05) is 23.4 Å². The molecule has 3 aromatic rings. The van der Waals surface area contributed by atoms with Gasteiger partial charge in [0.1, 0.15) is 0 Å². The van der Waals surface area contributed by atoms with Crippen LogP contribution >= 0.6 is 0 Å². The van der Waals surface area contributed by atoms with Gasteiger partial charge >= 0.3 is 0 Å². The van der Waals surface area contributed by atoms with E-state index in [0.717, 1.165) is 22.4 Å². The van der Waals surface area contributed by atoms with Crippen LogP contribution in [0.4, 0.5) is 0 Å². The first-order valence-corrected chi connectivity index (χ1v) is 9.83. The van der Waals surface area contributed by atoms with Crippen LogP contribution in [0.2, 0.25) is 0 Å². The number of aliphatic imine (C=N–C) groups is 1. The lowest BCUT2D eigenvalue weighted by molar-refractivity contribution is 0.687. The summed E-state index contributed by atoms with van der Waals surface area (Å²) in [7, 11) is 0. The molecule has 146 valence electrons. The number of nitriles is 2. The quantitative estimate of drug-likeness (QED) is 0.621. The minimum atomic E-state index is -0.445. The van der Waals surface area contributed by atoms with E-state index in [1.807, 2.05) is 67.3 Å². The Labute approximate surface area is 176 Å². The number of hydrogen-bond donors (Lipinski definition) is 0. The van der Waals surface area contributed by atoms with Crippen LogP contribution in [0, 0.1) is 28.6 Å². The van der Waals surface area contributed by atoms with Crippen molar-refractivity contribution in [3.05, 3.63) is 89.4 Å². The van der Waals surface area contributed by atoms with Crippen molar-refractivity contribution in [2.24, 2.45) is 10.9 Å². The molecule has 1 aliphatic rings. The van der Waals surface area contributed by atoms with Gasteiger partial charge in [0.15, 0.2) is 0 Å². The second-order valence-electron chi connectivity index (χ2n) is 7.49. The van der Waals surface area contributed by atoms with Gasteiger partial charge < -0.3 is 0 Å². The first-order chi connectivity index (χ1) is 14.6. The smallest absolute Gasteiger partial charge is 0.0973 e. The van der Waals surface area contributed by atoms with Crippen LogP contribution in [0.5, 0.6) is 0 Å². The third-order valence-electron chi connectivity index (χ3n) is 5.49. The van der Waals surface area contributed by atoms with Crippen LogP contribution in [0.1, 0.15) is 30.9 Å². The second-order valence-corrected chi connectivity index (χ2v) is 7.49. The molecule has 0 N–H and O–H groups in total. The van der Waals surface area contributed by atoms with Crippen molar-refractivity contribution >= 4 is 5.71 Å². The highest BCUT2D eigenvalue weighted by Crippen LogP contribution is 2.39. The van der Waals surface area contributed by atoms with Crippen LogP contribution in [0.15, 0.2) is 83.3 Å². The maximum Gasteiger partial charge on any atom is 0.0973 e. The molecule has 4 rings (SSSR count). The Kier molecular flexibility index (Phi) is 5.28. The van der Waals surface area contributed by atoms with E-state index >= 15 is 0 Å². The lowest BCUT2D eigenvalue weighted by Gasteiger charge is -2.27. The zero-order valence-electron chi connectivity index (χ0n) is 16.9. The van der Waals surface area contributed by atoms with Crippen LogP contribution in [-0.4, -0.2) is 15.5 Å². The van der Waals surface area contributed by atoms with Crippen LogP contribution in [0.3, 0.4) is 0 Å². The van der Waals surface area contributed by atoms with E-state index in [1.54, 1.807) is 0 Å². The highest BCUT2D eigenvalue weighted by atomic mass is 15.3. The fourth-order valence-electron chi connectivity index (χ4n) is 3.99. The molecule has 2 unspecified atom stereocenters. The standard InChI is InChI=1S/C25H21N5/c1-17-23(12-26)25(24(13-27)18(2)29-17)21-10-6-9-20(11-21)22-14-28-30(16-22)15-19-7-4-3-5-8-19/h3-11,14,16,23,25H,15H2,1-2H3. The van der Waals surface area contributed by atoms with E-state index in [0.29, 0.717) is 17.8 Å². The molecule has 0 amide bonds. The van der Waals surface area contributed by atoms with Crippen molar-refractivity contribution in [3.63, 3.8) is 0 Å². The van der Waals surface area contributed by atoms with Crippen molar-refractivity contribution in [1.82, 2.24) is 9.78 Å². The molecule has 2 heterocycles. The lowest BCUT2D eigenvalue weighted by atomic mass is 9.76. The Hall–Kier alpha value is -3.96. The summed E-state index contributed by atoms with van der Waals surface area (Å²) in [4.78, 5) is 4.42.